The lowest BCUT2D eigenvalue weighted by molar-refractivity contribution is -0.133. The second-order valence-corrected chi connectivity index (χ2v) is 9.77. The van der Waals surface area contributed by atoms with Gasteiger partial charge >= 0.3 is 11.8 Å². The van der Waals surface area contributed by atoms with Gasteiger partial charge in [0, 0.05) is 12.2 Å². The molecule has 1 heterocycles. The summed E-state index contributed by atoms with van der Waals surface area (Å²) in [6, 6.07) is 19.9. The maximum atomic E-state index is 13.3. The van der Waals surface area contributed by atoms with Crippen molar-refractivity contribution in [3.8, 4) is 6.07 Å². The van der Waals surface area contributed by atoms with E-state index in [1.807, 2.05) is 13.0 Å². The van der Waals surface area contributed by atoms with Gasteiger partial charge < -0.3 is 10.6 Å². The van der Waals surface area contributed by atoms with E-state index >= 15 is 0 Å². The summed E-state index contributed by atoms with van der Waals surface area (Å²) in [4.78, 5) is 25.0. The molecule has 3 aromatic rings. The molecule has 0 spiro atoms. The van der Waals surface area contributed by atoms with E-state index in [0.29, 0.717) is 30.8 Å². The molecule has 34 heavy (non-hydrogen) atoms. The lowest BCUT2D eigenvalue weighted by Crippen LogP contribution is -2.35. The summed E-state index contributed by atoms with van der Waals surface area (Å²) in [5.41, 5.74) is 3.02. The van der Waals surface area contributed by atoms with Gasteiger partial charge in [-0.15, -0.1) is 0 Å². The number of fused-ring (bicyclic) bond motifs is 1. The number of benzene rings is 3. The molecule has 3 aromatic carbocycles. The number of para-hydroxylation sites is 1. The van der Waals surface area contributed by atoms with Gasteiger partial charge in [0.05, 0.1) is 21.8 Å². The summed E-state index contributed by atoms with van der Waals surface area (Å²) in [5.74, 6) is -1.87. The zero-order valence-electron chi connectivity index (χ0n) is 18.4. The molecule has 8 nitrogen and oxygen atoms in total. The van der Waals surface area contributed by atoms with E-state index in [1.165, 1.54) is 16.4 Å². The van der Waals surface area contributed by atoms with Crippen molar-refractivity contribution in [3.05, 3.63) is 83.4 Å². The van der Waals surface area contributed by atoms with Crippen molar-refractivity contribution in [2.24, 2.45) is 0 Å². The van der Waals surface area contributed by atoms with Gasteiger partial charge in [0.15, 0.2) is 0 Å². The largest absolute Gasteiger partial charge is 0.318 e. The first-order chi connectivity index (χ1) is 16.3. The van der Waals surface area contributed by atoms with Crippen molar-refractivity contribution in [1.29, 1.82) is 5.26 Å². The summed E-state index contributed by atoms with van der Waals surface area (Å²) < 4.78 is 28.0. The fourth-order valence-corrected chi connectivity index (χ4v) is 5.30. The highest BCUT2D eigenvalue weighted by Crippen LogP contribution is 2.34. The van der Waals surface area contributed by atoms with E-state index in [9.17, 15) is 18.0 Å². The lowest BCUT2D eigenvalue weighted by atomic mass is 10.0. The van der Waals surface area contributed by atoms with Crippen LogP contribution in [0.25, 0.3) is 0 Å². The summed E-state index contributed by atoms with van der Waals surface area (Å²) >= 11 is 0. The Hall–Kier alpha value is -4.16. The number of hydrogen-bond acceptors (Lipinski definition) is 5. The van der Waals surface area contributed by atoms with Crippen LogP contribution in [0.4, 0.5) is 17.1 Å². The minimum Gasteiger partial charge on any atom is -0.318 e. The number of sulfonamides is 1. The van der Waals surface area contributed by atoms with Crippen LogP contribution in [0.3, 0.4) is 0 Å². The Bertz CT molecular complexity index is 1410. The molecule has 0 unspecified atom stereocenters. The highest BCUT2D eigenvalue weighted by molar-refractivity contribution is 7.92. The normalized spacial score (nSPS) is 12.9. The Kier molecular flexibility index (Phi) is 6.34. The molecule has 0 aromatic heterocycles. The molecule has 2 amide bonds. The van der Waals surface area contributed by atoms with Crippen LogP contribution < -0.4 is 14.9 Å². The predicted octanol–water partition coefficient (Wildman–Crippen LogP) is 3.59. The van der Waals surface area contributed by atoms with Gasteiger partial charge in [0.25, 0.3) is 10.0 Å². The second kappa shape index (κ2) is 9.37. The highest BCUT2D eigenvalue weighted by atomic mass is 32.2. The van der Waals surface area contributed by atoms with Gasteiger partial charge in [-0.25, -0.2) is 8.42 Å². The molecule has 0 saturated heterocycles. The van der Waals surface area contributed by atoms with Crippen LogP contribution in [0.2, 0.25) is 0 Å². The lowest BCUT2D eigenvalue weighted by Gasteiger charge is -2.31. The molecule has 2 N–H and O–H groups in total. The number of hydrogen-bond donors (Lipinski definition) is 2. The topological polar surface area (TPSA) is 119 Å². The van der Waals surface area contributed by atoms with Crippen LogP contribution in [0.1, 0.15) is 23.1 Å². The maximum Gasteiger partial charge on any atom is 0.314 e. The third kappa shape index (κ3) is 4.63. The fraction of sp³-hybridized carbons (Fsp3) is 0.160. The van der Waals surface area contributed by atoms with E-state index in [0.717, 1.165) is 11.1 Å². The number of aryl methyl sites for hydroxylation is 2. The van der Waals surface area contributed by atoms with Crippen molar-refractivity contribution in [2.75, 3.05) is 21.5 Å². The molecule has 0 bridgehead atoms. The number of nitriles is 1. The van der Waals surface area contributed by atoms with Crippen molar-refractivity contribution >= 4 is 38.9 Å². The first-order valence-electron chi connectivity index (χ1n) is 10.6. The number of rotatable bonds is 4. The Morgan fingerprint density at radius 3 is 2.41 bits per heavy atom. The van der Waals surface area contributed by atoms with Gasteiger partial charge in [-0.05, 0) is 61.7 Å². The molecule has 4 rings (SSSR count). The minimum absolute atomic E-state index is 0.191. The SMILES string of the molecule is Cc1ccc(S(=O)(=O)N2CCCc3ccc(NC(=O)C(=O)Nc4ccccc4C#N)cc32)cc1. The van der Waals surface area contributed by atoms with Crippen molar-refractivity contribution in [1.82, 2.24) is 0 Å². The van der Waals surface area contributed by atoms with E-state index in [1.54, 1.807) is 54.6 Å². The van der Waals surface area contributed by atoms with Gasteiger partial charge in [-0.2, -0.15) is 5.26 Å². The number of nitrogens with one attached hydrogen (secondary N) is 2. The molecule has 1 aliphatic heterocycles. The van der Waals surface area contributed by atoms with Gasteiger partial charge in [-0.1, -0.05) is 35.9 Å². The van der Waals surface area contributed by atoms with E-state index in [2.05, 4.69) is 10.6 Å². The van der Waals surface area contributed by atoms with Gasteiger partial charge in [-0.3, -0.25) is 13.9 Å². The molecule has 1 aliphatic rings. The van der Waals surface area contributed by atoms with Gasteiger partial charge in [0.1, 0.15) is 6.07 Å². The first-order valence-corrected chi connectivity index (χ1v) is 12.1. The van der Waals surface area contributed by atoms with Crippen molar-refractivity contribution in [2.45, 2.75) is 24.7 Å². The molecule has 0 atom stereocenters. The zero-order valence-corrected chi connectivity index (χ0v) is 19.2. The molecular weight excluding hydrogens is 452 g/mol. The minimum atomic E-state index is -3.79. The van der Waals surface area contributed by atoms with E-state index < -0.39 is 21.8 Å². The van der Waals surface area contributed by atoms with Crippen molar-refractivity contribution < 1.29 is 18.0 Å². The quantitative estimate of drug-likeness (QED) is 0.560. The number of amides is 2. The average Bonchev–Trinajstić information content (AvgIpc) is 2.84. The van der Waals surface area contributed by atoms with Crippen LogP contribution in [-0.4, -0.2) is 26.8 Å². The highest BCUT2D eigenvalue weighted by Gasteiger charge is 2.29. The number of carbonyl (C=O) groups is 2. The first kappa shape index (κ1) is 23.0. The third-order valence-electron chi connectivity index (χ3n) is 5.53. The summed E-state index contributed by atoms with van der Waals surface area (Å²) in [6.07, 6.45) is 1.37. The predicted molar refractivity (Wildman–Crippen MR) is 129 cm³/mol. The third-order valence-corrected chi connectivity index (χ3v) is 7.36. The Labute approximate surface area is 197 Å². The van der Waals surface area contributed by atoms with E-state index in [4.69, 9.17) is 5.26 Å². The van der Waals surface area contributed by atoms with E-state index in [-0.39, 0.29) is 16.1 Å². The van der Waals surface area contributed by atoms with Crippen LogP contribution in [0, 0.1) is 18.3 Å². The van der Waals surface area contributed by atoms with Crippen LogP contribution >= 0.6 is 0 Å². The van der Waals surface area contributed by atoms with Crippen molar-refractivity contribution in [3.63, 3.8) is 0 Å². The standard InChI is InChI=1S/C25H22N4O4S/c1-17-8-12-21(13-9-17)34(32,33)29-14-4-6-18-10-11-20(15-23(18)29)27-24(30)25(31)28-22-7-3-2-5-19(22)16-26/h2-3,5,7-13,15H,4,6,14H2,1H3,(H,27,30)(H,28,31). The van der Waals surface area contributed by atoms with Gasteiger partial charge in [0.2, 0.25) is 0 Å². The van der Waals surface area contributed by atoms with Crippen LogP contribution in [0.15, 0.2) is 71.6 Å². The monoisotopic (exact) mass is 474 g/mol. The summed E-state index contributed by atoms with van der Waals surface area (Å²) in [5, 5.41) is 14.1. The second-order valence-electron chi connectivity index (χ2n) is 7.90. The zero-order chi connectivity index (χ0) is 24.3. The molecule has 172 valence electrons. The Balaban J connectivity index is 1.57. The summed E-state index contributed by atoms with van der Waals surface area (Å²) in [7, 11) is -3.79. The van der Waals surface area contributed by atoms with Crippen LogP contribution in [-0.2, 0) is 26.0 Å². The number of anilines is 3. The number of nitrogens with zero attached hydrogens (tertiary/aromatic N) is 2. The average molecular weight is 475 g/mol. The molecule has 0 aliphatic carbocycles. The number of carbonyl (C=O) groups excluding carboxylic acids is 2. The Morgan fingerprint density at radius 2 is 1.68 bits per heavy atom. The summed E-state index contributed by atoms with van der Waals surface area (Å²) in [6.45, 7) is 2.20. The maximum absolute atomic E-state index is 13.3. The molecule has 0 fully saturated rings. The smallest absolute Gasteiger partial charge is 0.314 e. The molecular formula is C25H22N4O4S. The fourth-order valence-electron chi connectivity index (χ4n) is 3.76. The molecule has 9 heteroatoms. The Morgan fingerprint density at radius 1 is 0.971 bits per heavy atom. The van der Waals surface area contributed by atoms with Crippen LogP contribution in [0.5, 0.6) is 0 Å². The molecule has 0 radical (unpaired) electrons. The molecule has 0 saturated carbocycles.